The molecule has 26 heavy (non-hydrogen) atoms. The summed E-state index contributed by atoms with van der Waals surface area (Å²) in [5.41, 5.74) is 0.915. The lowest BCUT2D eigenvalue weighted by Crippen LogP contribution is -2.23. The highest BCUT2D eigenvalue weighted by atomic mass is 35.5. The number of halogens is 1. The molecule has 0 saturated carbocycles. The van der Waals surface area contributed by atoms with Crippen LogP contribution in [-0.4, -0.2) is 24.1 Å². The second-order valence-corrected chi connectivity index (χ2v) is 7.63. The summed E-state index contributed by atoms with van der Waals surface area (Å²) >= 11 is 5.79. The van der Waals surface area contributed by atoms with Gasteiger partial charge in [-0.3, -0.25) is 9.36 Å². The molecule has 0 saturated heterocycles. The number of carboxylic acids is 1. The second kappa shape index (κ2) is 6.94. The summed E-state index contributed by atoms with van der Waals surface area (Å²) in [7, 11) is -3.86. The van der Waals surface area contributed by atoms with Gasteiger partial charge < -0.3 is 9.52 Å². The van der Waals surface area contributed by atoms with Gasteiger partial charge in [0.15, 0.2) is 5.58 Å². The molecule has 0 bridgehead atoms. The van der Waals surface area contributed by atoms with E-state index >= 15 is 0 Å². The highest BCUT2D eigenvalue weighted by Gasteiger charge is 2.18. The summed E-state index contributed by atoms with van der Waals surface area (Å²) in [6.07, 6.45) is 0. The molecule has 136 valence electrons. The maximum atomic E-state index is 12.4. The molecule has 0 radical (unpaired) electrons. The van der Waals surface area contributed by atoms with Crippen molar-refractivity contribution in [3.8, 4) is 0 Å². The van der Waals surface area contributed by atoms with E-state index in [1.807, 2.05) is 0 Å². The van der Waals surface area contributed by atoms with Crippen molar-refractivity contribution in [1.82, 2.24) is 9.29 Å². The van der Waals surface area contributed by atoms with Crippen LogP contribution < -0.4 is 10.5 Å². The number of benzene rings is 2. The molecular weight excluding hydrogens is 384 g/mol. The first-order chi connectivity index (χ1) is 12.3. The maximum Gasteiger partial charge on any atom is 0.420 e. The Balaban J connectivity index is 1.87. The van der Waals surface area contributed by atoms with E-state index in [0.717, 1.165) is 10.1 Å². The summed E-state index contributed by atoms with van der Waals surface area (Å²) in [6, 6.07) is 10.5. The lowest BCUT2D eigenvalue weighted by Gasteiger charge is -2.07. The zero-order chi connectivity index (χ0) is 18.9. The first-order valence-electron chi connectivity index (χ1n) is 7.35. The van der Waals surface area contributed by atoms with Gasteiger partial charge in [0.1, 0.15) is 6.54 Å². The van der Waals surface area contributed by atoms with Crippen molar-refractivity contribution in [3.63, 3.8) is 0 Å². The minimum atomic E-state index is -3.86. The molecule has 10 heteroatoms. The average Bonchev–Trinajstić information content (AvgIpc) is 2.89. The smallest absolute Gasteiger partial charge is 0.420 e. The molecule has 0 fully saturated rings. The minimum Gasteiger partial charge on any atom is -0.480 e. The van der Waals surface area contributed by atoms with E-state index in [9.17, 15) is 18.0 Å². The van der Waals surface area contributed by atoms with Gasteiger partial charge in [0.2, 0.25) is 10.0 Å². The lowest BCUT2D eigenvalue weighted by molar-refractivity contribution is -0.137. The van der Waals surface area contributed by atoms with Crippen molar-refractivity contribution < 1.29 is 22.7 Å². The van der Waals surface area contributed by atoms with Crippen LogP contribution in [-0.2, 0) is 27.9 Å². The standard InChI is InChI=1S/C16H13ClN2O6S/c17-11-3-1-10(2-4-11)8-18-26(23,24)12-5-6-13-14(7-12)25-16(22)19(13)9-15(20)21/h1-7,18H,8-9H2,(H,20,21). The number of hydrogen-bond acceptors (Lipinski definition) is 5. The molecule has 0 unspecified atom stereocenters. The molecule has 0 spiro atoms. The molecule has 1 aromatic heterocycles. The number of fused-ring (bicyclic) bond motifs is 1. The number of carboxylic acid groups (broad SMARTS) is 1. The van der Waals surface area contributed by atoms with Gasteiger partial charge in [-0.2, -0.15) is 0 Å². The molecule has 2 N–H and O–H groups in total. The zero-order valence-electron chi connectivity index (χ0n) is 13.2. The molecule has 8 nitrogen and oxygen atoms in total. The van der Waals surface area contributed by atoms with Crippen molar-refractivity contribution in [3.05, 3.63) is 63.6 Å². The molecule has 3 rings (SSSR count). The first kappa shape index (κ1) is 18.2. The molecule has 0 aliphatic rings. The molecule has 0 amide bonds. The van der Waals surface area contributed by atoms with Crippen LogP contribution in [0.2, 0.25) is 5.02 Å². The molecule has 2 aromatic carbocycles. The third-order valence-corrected chi connectivity index (χ3v) is 5.27. The highest BCUT2D eigenvalue weighted by Crippen LogP contribution is 2.19. The Morgan fingerprint density at radius 3 is 2.54 bits per heavy atom. The molecule has 0 aliphatic carbocycles. The van der Waals surface area contributed by atoms with Gasteiger partial charge in [-0.15, -0.1) is 0 Å². The molecule has 0 aliphatic heterocycles. The number of aromatic nitrogens is 1. The van der Waals surface area contributed by atoms with Crippen LogP contribution in [0.5, 0.6) is 0 Å². The summed E-state index contributed by atoms with van der Waals surface area (Å²) in [6.45, 7) is -0.520. The zero-order valence-corrected chi connectivity index (χ0v) is 14.7. The predicted molar refractivity (Wildman–Crippen MR) is 93.6 cm³/mol. The number of oxazole rings is 1. The van der Waals surface area contributed by atoms with Crippen molar-refractivity contribution in [2.24, 2.45) is 0 Å². The molecular formula is C16H13ClN2O6S. The Morgan fingerprint density at radius 2 is 1.88 bits per heavy atom. The Morgan fingerprint density at radius 1 is 1.19 bits per heavy atom. The number of nitrogens with one attached hydrogen (secondary N) is 1. The Kier molecular flexibility index (Phi) is 4.86. The van der Waals surface area contributed by atoms with E-state index in [1.165, 1.54) is 18.2 Å². The number of hydrogen-bond donors (Lipinski definition) is 2. The first-order valence-corrected chi connectivity index (χ1v) is 9.22. The van der Waals surface area contributed by atoms with Gasteiger partial charge in [0.25, 0.3) is 0 Å². The molecule has 1 heterocycles. The van der Waals surface area contributed by atoms with E-state index in [1.54, 1.807) is 24.3 Å². The topological polar surface area (TPSA) is 119 Å². The van der Waals surface area contributed by atoms with Crippen molar-refractivity contribution in [2.45, 2.75) is 18.0 Å². The van der Waals surface area contributed by atoms with Gasteiger partial charge >= 0.3 is 11.7 Å². The highest BCUT2D eigenvalue weighted by molar-refractivity contribution is 7.89. The van der Waals surface area contributed by atoms with Gasteiger partial charge in [0.05, 0.1) is 10.4 Å². The SMILES string of the molecule is O=C(O)Cn1c(=O)oc2cc(S(=O)(=O)NCc3ccc(Cl)cc3)ccc21. The number of carbonyl (C=O) groups is 1. The largest absolute Gasteiger partial charge is 0.480 e. The van der Waals surface area contributed by atoms with Crippen LogP contribution in [0, 0.1) is 0 Å². The lowest BCUT2D eigenvalue weighted by atomic mass is 10.2. The number of rotatable bonds is 6. The van der Waals surface area contributed by atoms with E-state index in [0.29, 0.717) is 5.02 Å². The monoisotopic (exact) mass is 396 g/mol. The van der Waals surface area contributed by atoms with E-state index in [-0.39, 0.29) is 22.5 Å². The summed E-state index contributed by atoms with van der Waals surface area (Å²) in [5, 5.41) is 9.38. The van der Waals surface area contributed by atoms with Crippen LogP contribution in [0.15, 0.2) is 56.6 Å². The van der Waals surface area contributed by atoms with Crippen LogP contribution in [0.3, 0.4) is 0 Å². The fourth-order valence-corrected chi connectivity index (χ4v) is 3.52. The average molecular weight is 397 g/mol. The fourth-order valence-electron chi connectivity index (χ4n) is 2.36. The van der Waals surface area contributed by atoms with Crippen molar-refractivity contribution in [1.29, 1.82) is 0 Å². The molecule has 0 atom stereocenters. The van der Waals surface area contributed by atoms with Crippen molar-refractivity contribution >= 4 is 38.7 Å². The van der Waals surface area contributed by atoms with Gasteiger partial charge in [-0.1, -0.05) is 23.7 Å². The summed E-state index contributed by atoms with van der Waals surface area (Å²) < 4.78 is 33.2. The summed E-state index contributed by atoms with van der Waals surface area (Å²) in [5.74, 6) is -2.08. The maximum absolute atomic E-state index is 12.4. The fraction of sp³-hybridized carbons (Fsp3) is 0.125. The third kappa shape index (κ3) is 3.79. The normalized spacial score (nSPS) is 11.7. The Labute approximate surface area is 152 Å². The van der Waals surface area contributed by atoms with E-state index in [2.05, 4.69) is 4.72 Å². The minimum absolute atomic E-state index is 0.00869. The van der Waals surface area contributed by atoms with Crippen LogP contribution in [0.1, 0.15) is 5.56 Å². The van der Waals surface area contributed by atoms with Crippen LogP contribution in [0.4, 0.5) is 0 Å². The van der Waals surface area contributed by atoms with E-state index in [4.69, 9.17) is 21.1 Å². The summed E-state index contributed by atoms with van der Waals surface area (Å²) in [4.78, 5) is 22.4. The quantitative estimate of drug-likeness (QED) is 0.656. The Hall–Kier alpha value is -2.62. The number of aliphatic carboxylic acids is 1. The van der Waals surface area contributed by atoms with Gasteiger partial charge in [-0.05, 0) is 29.8 Å². The Bertz CT molecular complexity index is 1130. The predicted octanol–water partition coefficient (Wildman–Crippen LogP) is 1.81. The number of sulfonamides is 1. The number of nitrogens with zero attached hydrogens (tertiary/aromatic N) is 1. The van der Waals surface area contributed by atoms with Crippen LogP contribution in [0.25, 0.3) is 11.1 Å². The van der Waals surface area contributed by atoms with Gasteiger partial charge in [0, 0.05) is 17.6 Å². The third-order valence-electron chi connectivity index (χ3n) is 3.62. The van der Waals surface area contributed by atoms with Crippen molar-refractivity contribution in [2.75, 3.05) is 0 Å². The van der Waals surface area contributed by atoms with E-state index < -0.39 is 28.3 Å². The molecule has 3 aromatic rings. The van der Waals surface area contributed by atoms with Gasteiger partial charge in [-0.25, -0.2) is 17.9 Å². The van der Waals surface area contributed by atoms with Crippen LogP contribution >= 0.6 is 11.6 Å². The second-order valence-electron chi connectivity index (χ2n) is 5.43.